The fraction of sp³-hybridized carbons (Fsp3) is 0.600. The monoisotopic (exact) mass is 358 g/mol. The summed E-state index contributed by atoms with van der Waals surface area (Å²) in [5, 5.41) is 3.17. The van der Waals surface area contributed by atoms with Gasteiger partial charge in [-0.15, -0.1) is 0 Å². The molecule has 2 saturated heterocycles. The summed E-state index contributed by atoms with van der Waals surface area (Å²) in [4.78, 5) is 26.1. The van der Waals surface area contributed by atoms with E-state index in [2.05, 4.69) is 11.4 Å². The summed E-state index contributed by atoms with van der Waals surface area (Å²) >= 11 is 0. The van der Waals surface area contributed by atoms with Gasteiger partial charge in [0, 0.05) is 37.8 Å². The SMILES string of the molecule is Cc1ccc2c(c1)[C@H](NC(=O)CN1CCCC1=O)CC1(CCOCC1)O2. The van der Waals surface area contributed by atoms with E-state index in [1.54, 1.807) is 4.90 Å². The van der Waals surface area contributed by atoms with E-state index in [1.165, 1.54) is 0 Å². The van der Waals surface area contributed by atoms with Crippen molar-refractivity contribution in [3.05, 3.63) is 29.3 Å². The summed E-state index contributed by atoms with van der Waals surface area (Å²) in [6.07, 6.45) is 3.80. The molecule has 1 spiro atoms. The van der Waals surface area contributed by atoms with Gasteiger partial charge in [-0.1, -0.05) is 17.7 Å². The Morgan fingerprint density at radius 1 is 1.35 bits per heavy atom. The zero-order valence-electron chi connectivity index (χ0n) is 15.3. The Morgan fingerprint density at radius 3 is 2.88 bits per heavy atom. The lowest BCUT2D eigenvalue weighted by molar-refractivity contribution is -0.133. The first-order chi connectivity index (χ1) is 12.5. The number of fused-ring (bicyclic) bond motifs is 1. The van der Waals surface area contributed by atoms with E-state index >= 15 is 0 Å². The van der Waals surface area contributed by atoms with E-state index in [-0.39, 0.29) is 30.0 Å². The third-order valence-electron chi connectivity index (χ3n) is 5.69. The van der Waals surface area contributed by atoms with Crippen molar-refractivity contribution in [2.75, 3.05) is 26.3 Å². The number of rotatable bonds is 3. The second-order valence-electron chi connectivity index (χ2n) is 7.68. The molecule has 2 fully saturated rings. The van der Waals surface area contributed by atoms with Crippen LogP contribution in [0.2, 0.25) is 0 Å². The third-order valence-corrected chi connectivity index (χ3v) is 5.69. The van der Waals surface area contributed by atoms with Gasteiger partial charge >= 0.3 is 0 Å². The Kier molecular flexibility index (Phi) is 4.61. The van der Waals surface area contributed by atoms with Crippen molar-refractivity contribution in [2.45, 2.75) is 50.7 Å². The largest absolute Gasteiger partial charge is 0.487 e. The molecule has 0 aromatic heterocycles. The molecule has 140 valence electrons. The van der Waals surface area contributed by atoms with Crippen LogP contribution in [0.3, 0.4) is 0 Å². The molecule has 2 amide bonds. The average Bonchev–Trinajstić information content (AvgIpc) is 3.01. The number of nitrogens with zero attached hydrogens (tertiary/aromatic N) is 1. The van der Waals surface area contributed by atoms with Crippen molar-refractivity contribution in [3.8, 4) is 5.75 Å². The van der Waals surface area contributed by atoms with Gasteiger partial charge in [0.25, 0.3) is 0 Å². The number of carbonyl (C=O) groups excluding carboxylic acids is 2. The topological polar surface area (TPSA) is 67.9 Å². The van der Waals surface area contributed by atoms with E-state index in [0.717, 1.165) is 42.6 Å². The minimum Gasteiger partial charge on any atom is -0.487 e. The van der Waals surface area contributed by atoms with Crippen LogP contribution >= 0.6 is 0 Å². The highest BCUT2D eigenvalue weighted by atomic mass is 16.5. The van der Waals surface area contributed by atoms with Gasteiger partial charge in [-0.3, -0.25) is 9.59 Å². The number of nitrogens with one attached hydrogen (secondary N) is 1. The summed E-state index contributed by atoms with van der Waals surface area (Å²) < 4.78 is 11.9. The van der Waals surface area contributed by atoms with E-state index < -0.39 is 0 Å². The van der Waals surface area contributed by atoms with Crippen LogP contribution in [-0.2, 0) is 14.3 Å². The van der Waals surface area contributed by atoms with Gasteiger partial charge in [0.1, 0.15) is 11.4 Å². The molecule has 1 aromatic carbocycles. The van der Waals surface area contributed by atoms with Gasteiger partial charge in [0.2, 0.25) is 11.8 Å². The maximum atomic E-state index is 12.6. The van der Waals surface area contributed by atoms with Gasteiger partial charge in [0.05, 0.1) is 25.8 Å². The molecule has 3 heterocycles. The molecule has 6 heteroatoms. The van der Waals surface area contributed by atoms with Crippen molar-refractivity contribution in [3.63, 3.8) is 0 Å². The lowest BCUT2D eigenvalue weighted by Gasteiger charge is -2.44. The predicted octanol–water partition coefficient (Wildman–Crippen LogP) is 2.11. The molecule has 0 aliphatic carbocycles. The molecule has 3 aliphatic rings. The maximum Gasteiger partial charge on any atom is 0.240 e. The molecule has 4 rings (SSSR count). The molecule has 1 atom stereocenters. The first-order valence-corrected chi connectivity index (χ1v) is 9.49. The lowest BCUT2D eigenvalue weighted by Crippen LogP contribution is -2.49. The standard InChI is InChI=1S/C20H26N2O4/c1-14-4-5-17-15(11-14)16(12-20(26-17)6-9-25-10-7-20)21-18(23)13-22-8-2-3-19(22)24/h4-5,11,16H,2-3,6-10,12-13H2,1H3,(H,21,23)/t16-/m1/s1. The number of carbonyl (C=O) groups is 2. The lowest BCUT2D eigenvalue weighted by atomic mass is 9.81. The zero-order chi connectivity index (χ0) is 18.1. The maximum absolute atomic E-state index is 12.6. The van der Waals surface area contributed by atoms with Crippen LogP contribution in [0.25, 0.3) is 0 Å². The molecule has 26 heavy (non-hydrogen) atoms. The van der Waals surface area contributed by atoms with E-state index in [1.807, 2.05) is 19.1 Å². The predicted molar refractivity (Wildman–Crippen MR) is 95.9 cm³/mol. The third kappa shape index (κ3) is 3.43. The highest BCUT2D eigenvalue weighted by Crippen LogP contribution is 2.44. The molecule has 0 bridgehead atoms. The van der Waals surface area contributed by atoms with Gasteiger partial charge < -0.3 is 19.7 Å². The fourth-order valence-corrected chi connectivity index (χ4v) is 4.25. The zero-order valence-corrected chi connectivity index (χ0v) is 15.3. The molecular formula is C20H26N2O4. The number of benzene rings is 1. The quantitative estimate of drug-likeness (QED) is 0.899. The first kappa shape index (κ1) is 17.3. The van der Waals surface area contributed by atoms with Crippen LogP contribution in [0, 0.1) is 6.92 Å². The summed E-state index contributed by atoms with van der Waals surface area (Å²) in [6, 6.07) is 6.04. The fourth-order valence-electron chi connectivity index (χ4n) is 4.25. The van der Waals surface area contributed by atoms with Crippen molar-refractivity contribution < 1.29 is 19.1 Å². The van der Waals surface area contributed by atoms with Crippen LogP contribution < -0.4 is 10.1 Å². The molecule has 6 nitrogen and oxygen atoms in total. The second kappa shape index (κ2) is 6.91. The molecule has 1 aromatic rings. The van der Waals surface area contributed by atoms with E-state index in [0.29, 0.717) is 26.2 Å². The number of hydrogen-bond acceptors (Lipinski definition) is 4. The summed E-state index contributed by atoms with van der Waals surface area (Å²) in [5.41, 5.74) is 1.90. The average molecular weight is 358 g/mol. The van der Waals surface area contributed by atoms with E-state index in [9.17, 15) is 9.59 Å². The van der Waals surface area contributed by atoms with E-state index in [4.69, 9.17) is 9.47 Å². The van der Waals surface area contributed by atoms with Crippen molar-refractivity contribution in [1.29, 1.82) is 0 Å². The smallest absolute Gasteiger partial charge is 0.240 e. The van der Waals surface area contributed by atoms with Gasteiger partial charge in [-0.05, 0) is 19.4 Å². The van der Waals surface area contributed by atoms with Crippen LogP contribution in [0.5, 0.6) is 5.75 Å². The minimum atomic E-state index is -0.276. The second-order valence-corrected chi connectivity index (χ2v) is 7.68. The van der Waals surface area contributed by atoms with Crippen LogP contribution in [0.15, 0.2) is 18.2 Å². The molecule has 0 saturated carbocycles. The Bertz CT molecular complexity index is 712. The number of amides is 2. The first-order valence-electron chi connectivity index (χ1n) is 9.49. The Balaban J connectivity index is 1.54. The van der Waals surface area contributed by atoms with Crippen molar-refractivity contribution in [1.82, 2.24) is 10.2 Å². The molecule has 3 aliphatic heterocycles. The van der Waals surface area contributed by atoms with Gasteiger partial charge in [-0.25, -0.2) is 0 Å². The number of hydrogen-bond donors (Lipinski definition) is 1. The Morgan fingerprint density at radius 2 is 2.15 bits per heavy atom. The number of aryl methyl sites for hydroxylation is 1. The Labute approximate surface area is 153 Å². The highest BCUT2D eigenvalue weighted by molar-refractivity contribution is 5.86. The molecule has 0 radical (unpaired) electrons. The van der Waals surface area contributed by atoms with Crippen molar-refractivity contribution in [2.24, 2.45) is 0 Å². The Hall–Kier alpha value is -2.08. The van der Waals surface area contributed by atoms with Crippen LogP contribution in [-0.4, -0.2) is 48.6 Å². The molecular weight excluding hydrogens is 332 g/mol. The summed E-state index contributed by atoms with van der Waals surface area (Å²) in [5.74, 6) is 0.831. The van der Waals surface area contributed by atoms with Gasteiger partial charge in [-0.2, -0.15) is 0 Å². The summed E-state index contributed by atoms with van der Waals surface area (Å²) in [7, 11) is 0. The molecule has 0 unspecified atom stereocenters. The summed E-state index contributed by atoms with van der Waals surface area (Å²) in [6.45, 7) is 4.24. The van der Waals surface area contributed by atoms with Crippen LogP contribution in [0.1, 0.15) is 49.3 Å². The highest BCUT2D eigenvalue weighted by Gasteiger charge is 2.43. The van der Waals surface area contributed by atoms with Gasteiger partial charge in [0.15, 0.2) is 0 Å². The van der Waals surface area contributed by atoms with Crippen molar-refractivity contribution >= 4 is 11.8 Å². The number of ether oxygens (including phenoxy) is 2. The number of likely N-dealkylation sites (tertiary alicyclic amines) is 1. The normalized spacial score (nSPS) is 24.3. The van der Waals surface area contributed by atoms with Crippen LogP contribution in [0.4, 0.5) is 0 Å². The minimum absolute atomic E-state index is 0.0734. The molecule has 1 N–H and O–H groups in total.